The smallest absolute Gasteiger partial charge is 0.343 e. The van der Waals surface area contributed by atoms with Gasteiger partial charge in [0.25, 0.3) is 5.91 Å². The lowest BCUT2D eigenvalue weighted by Gasteiger charge is -2.21. The zero-order valence-electron chi connectivity index (χ0n) is 15.0. The van der Waals surface area contributed by atoms with Crippen LogP contribution in [0.5, 0.6) is 5.75 Å². The molecule has 0 radical (unpaired) electrons. The molecule has 7 heteroatoms. The zero-order valence-corrected chi connectivity index (χ0v) is 15.0. The Balaban J connectivity index is 2.05. The van der Waals surface area contributed by atoms with Crippen LogP contribution in [-0.2, 0) is 0 Å². The third kappa shape index (κ3) is 4.83. The first-order valence-corrected chi connectivity index (χ1v) is 8.07. The van der Waals surface area contributed by atoms with Crippen molar-refractivity contribution in [1.82, 2.24) is 4.90 Å². The van der Waals surface area contributed by atoms with Gasteiger partial charge in [0.1, 0.15) is 5.75 Å². The van der Waals surface area contributed by atoms with Crippen molar-refractivity contribution in [2.24, 2.45) is 16.5 Å². The van der Waals surface area contributed by atoms with Crippen molar-refractivity contribution in [3.63, 3.8) is 0 Å². The van der Waals surface area contributed by atoms with Crippen molar-refractivity contribution in [3.8, 4) is 5.75 Å². The van der Waals surface area contributed by atoms with Crippen LogP contribution in [0.15, 0.2) is 53.5 Å². The molecule has 1 amide bonds. The summed E-state index contributed by atoms with van der Waals surface area (Å²) in [5.41, 5.74) is 12.0. The van der Waals surface area contributed by atoms with E-state index in [9.17, 15) is 9.59 Å². The van der Waals surface area contributed by atoms with E-state index < -0.39 is 5.97 Å². The number of benzene rings is 2. The quantitative estimate of drug-likeness (QED) is 0.370. The monoisotopic (exact) mass is 354 g/mol. The van der Waals surface area contributed by atoms with Crippen molar-refractivity contribution in [2.45, 2.75) is 19.9 Å². The molecule has 0 aliphatic rings. The van der Waals surface area contributed by atoms with Crippen LogP contribution in [0.2, 0.25) is 0 Å². The summed E-state index contributed by atoms with van der Waals surface area (Å²) in [6, 6.07) is 12.9. The first-order valence-electron chi connectivity index (χ1n) is 8.07. The highest BCUT2D eigenvalue weighted by Gasteiger charge is 2.15. The number of aliphatic imine (C=N–C) groups is 1. The molecule has 2 aromatic carbocycles. The summed E-state index contributed by atoms with van der Waals surface area (Å²) >= 11 is 0. The number of guanidine groups is 1. The summed E-state index contributed by atoms with van der Waals surface area (Å²) < 4.78 is 5.32. The van der Waals surface area contributed by atoms with Crippen molar-refractivity contribution in [3.05, 3.63) is 59.7 Å². The van der Waals surface area contributed by atoms with Gasteiger partial charge in [-0.05, 0) is 62.4 Å². The summed E-state index contributed by atoms with van der Waals surface area (Å²) in [7, 11) is 1.74. The molecule has 136 valence electrons. The van der Waals surface area contributed by atoms with Crippen LogP contribution in [0.25, 0.3) is 0 Å². The molecule has 0 aliphatic carbocycles. The topological polar surface area (TPSA) is 111 Å². The summed E-state index contributed by atoms with van der Waals surface area (Å²) in [5.74, 6) is -0.307. The predicted octanol–water partition coefficient (Wildman–Crippen LogP) is 2.29. The fraction of sp³-hybridized carbons (Fsp3) is 0.211. The van der Waals surface area contributed by atoms with Crippen LogP contribution in [0.3, 0.4) is 0 Å². The van der Waals surface area contributed by atoms with Gasteiger partial charge in [0.05, 0.1) is 11.3 Å². The second-order valence-corrected chi connectivity index (χ2v) is 6.01. The molecule has 4 N–H and O–H groups in total. The summed E-state index contributed by atoms with van der Waals surface area (Å²) in [6.45, 7) is 3.87. The number of ether oxygens (including phenoxy) is 1. The lowest BCUT2D eigenvalue weighted by atomic mass is 10.1. The largest absolute Gasteiger partial charge is 0.423 e. The van der Waals surface area contributed by atoms with E-state index in [4.69, 9.17) is 16.2 Å². The van der Waals surface area contributed by atoms with Gasteiger partial charge in [0, 0.05) is 18.7 Å². The molecule has 26 heavy (non-hydrogen) atoms. The highest BCUT2D eigenvalue weighted by atomic mass is 16.5. The highest BCUT2D eigenvalue weighted by molar-refractivity contribution is 5.95. The minimum Gasteiger partial charge on any atom is -0.423 e. The molecular weight excluding hydrogens is 332 g/mol. The Labute approximate surface area is 152 Å². The highest BCUT2D eigenvalue weighted by Crippen LogP contribution is 2.18. The Morgan fingerprint density at radius 2 is 1.50 bits per heavy atom. The Kier molecular flexibility index (Phi) is 5.95. The average Bonchev–Trinajstić information content (AvgIpc) is 2.61. The molecule has 2 rings (SSSR count). The van der Waals surface area contributed by atoms with Gasteiger partial charge >= 0.3 is 5.97 Å². The minimum absolute atomic E-state index is 0.0573. The molecule has 7 nitrogen and oxygen atoms in total. The molecule has 0 aromatic heterocycles. The number of carbonyl (C=O) groups is 2. The summed E-state index contributed by atoms with van der Waals surface area (Å²) in [4.78, 5) is 29.9. The van der Waals surface area contributed by atoms with Crippen LogP contribution < -0.4 is 16.2 Å². The maximum Gasteiger partial charge on any atom is 0.343 e. The van der Waals surface area contributed by atoms with E-state index in [-0.39, 0.29) is 17.9 Å². The standard InChI is InChI=1S/C19H22N4O3/c1-12(2)23(3)17(24)13-6-10-16(11-7-13)26-18(25)14-4-8-15(9-5-14)22-19(20)21/h4-12H,1-3H3,(H4,20,21,22). The third-order valence-corrected chi connectivity index (χ3v) is 3.77. The molecule has 0 fully saturated rings. The normalized spacial score (nSPS) is 10.3. The van der Waals surface area contributed by atoms with Crippen molar-refractivity contribution < 1.29 is 14.3 Å². The Morgan fingerprint density at radius 1 is 0.962 bits per heavy atom. The number of hydrogen-bond donors (Lipinski definition) is 2. The number of rotatable bonds is 5. The molecular formula is C19H22N4O3. The summed E-state index contributed by atoms with van der Waals surface area (Å²) in [5, 5.41) is 0. The first kappa shape index (κ1) is 19.0. The number of hydrogen-bond acceptors (Lipinski definition) is 4. The summed E-state index contributed by atoms with van der Waals surface area (Å²) in [6.07, 6.45) is 0. The van der Waals surface area contributed by atoms with Gasteiger partial charge in [-0.25, -0.2) is 9.79 Å². The predicted molar refractivity (Wildman–Crippen MR) is 101 cm³/mol. The lowest BCUT2D eigenvalue weighted by molar-refractivity contribution is 0.0734. The maximum atomic E-state index is 12.2. The van der Waals surface area contributed by atoms with Gasteiger partial charge in [-0.3, -0.25) is 4.79 Å². The van der Waals surface area contributed by atoms with E-state index in [1.54, 1.807) is 60.5 Å². The van der Waals surface area contributed by atoms with Crippen LogP contribution in [0, 0.1) is 0 Å². The van der Waals surface area contributed by atoms with Gasteiger partial charge in [0.15, 0.2) is 5.96 Å². The van der Waals surface area contributed by atoms with Crippen molar-refractivity contribution in [1.29, 1.82) is 0 Å². The maximum absolute atomic E-state index is 12.2. The fourth-order valence-corrected chi connectivity index (χ4v) is 2.09. The minimum atomic E-state index is -0.514. The van der Waals surface area contributed by atoms with Gasteiger partial charge in [-0.2, -0.15) is 0 Å². The molecule has 2 aromatic rings. The van der Waals surface area contributed by atoms with Gasteiger partial charge < -0.3 is 21.1 Å². The molecule has 0 aliphatic heterocycles. The number of carbonyl (C=O) groups excluding carboxylic acids is 2. The van der Waals surface area contributed by atoms with Gasteiger partial charge in [-0.15, -0.1) is 0 Å². The Morgan fingerprint density at radius 3 is 2.00 bits per heavy atom. The molecule has 0 bridgehead atoms. The van der Waals surface area contributed by atoms with E-state index in [0.29, 0.717) is 22.6 Å². The average molecular weight is 354 g/mol. The van der Waals surface area contributed by atoms with Crippen molar-refractivity contribution in [2.75, 3.05) is 7.05 Å². The van der Waals surface area contributed by atoms with Gasteiger partial charge in [-0.1, -0.05) is 0 Å². The van der Waals surface area contributed by atoms with Crippen molar-refractivity contribution >= 4 is 23.5 Å². The van der Waals surface area contributed by atoms with E-state index in [0.717, 1.165) is 0 Å². The first-order chi connectivity index (χ1) is 12.3. The fourth-order valence-electron chi connectivity index (χ4n) is 2.09. The van der Waals surface area contributed by atoms with E-state index in [1.165, 1.54) is 0 Å². The molecule has 0 saturated heterocycles. The van der Waals surface area contributed by atoms with Crippen LogP contribution in [0.4, 0.5) is 5.69 Å². The lowest BCUT2D eigenvalue weighted by Crippen LogP contribution is -2.32. The zero-order chi connectivity index (χ0) is 19.3. The van der Waals surface area contributed by atoms with Crippen LogP contribution >= 0.6 is 0 Å². The van der Waals surface area contributed by atoms with E-state index >= 15 is 0 Å². The Hall–Kier alpha value is -3.35. The van der Waals surface area contributed by atoms with E-state index in [1.807, 2.05) is 13.8 Å². The van der Waals surface area contributed by atoms with E-state index in [2.05, 4.69) is 4.99 Å². The number of esters is 1. The second-order valence-electron chi connectivity index (χ2n) is 6.01. The molecule has 0 saturated carbocycles. The molecule has 0 unspecified atom stereocenters. The molecule has 0 atom stereocenters. The Bertz CT molecular complexity index is 808. The van der Waals surface area contributed by atoms with Gasteiger partial charge in [0.2, 0.25) is 0 Å². The SMILES string of the molecule is CC(C)N(C)C(=O)c1ccc(OC(=O)c2ccc(N=C(N)N)cc2)cc1. The second kappa shape index (κ2) is 8.15. The number of nitrogens with zero attached hydrogens (tertiary/aromatic N) is 2. The van der Waals surface area contributed by atoms with Crippen LogP contribution in [-0.4, -0.2) is 35.8 Å². The number of nitrogens with two attached hydrogens (primary N) is 2. The third-order valence-electron chi connectivity index (χ3n) is 3.77. The molecule has 0 heterocycles. The van der Waals surface area contributed by atoms with Crippen LogP contribution in [0.1, 0.15) is 34.6 Å². The molecule has 0 spiro atoms. The number of amides is 1.